The van der Waals surface area contributed by atoms with E-state index < -0.39 is 6.10 Å². The number of aliphatic hydroxyl groups is 1. The molecule has 0 spiro atoms. The summed E-state index contributed by atoms with van der Waals surface area (Å²) in [6, 6.07) is 0. The van der Waals surface area contributed by atoms with E-state index in [0.717, 1.165) is 4.60 Å². The summed E-state index contributed by atoms with van der Waals surface area (Å²) in [6.45, 7) is 0. The first-order valence-electron chi connectivity index (χ1n) is 3.57. The highest BCUT2D eigenvalue weighted by Gasteiger charge is 2.17. The average Bonchev–Trinajstić information content (AvgIpc) is 2.73. The smallest absolute Gasteiger partial charge is 0.157 e. The molecule has 0 saturated carbocycles. The van der Waals surface area contributed by atoms with Gasteiger partial charge in [0.1, 0.15) is 19.0 Å². The molecule has 14 heavy (non-hydrogen) atoms. The first-order chi connectivity index (χ1) is 6.66. The Bertz CT molecular complexity index is 404. The zero-order valence-corrected chi connectivity index (χ0v) is 10.6. The molecule has 2 heterocycles. The molecule has 0 bridgehead atoms. The molecule has 1 atom stereocenters. The third kappa shape index (κ3) is 2.14. The molecule has 0 amide bonds. The molecule has 7 heteroatoms. The van der Waals surface area contributed by atoms with E-state index in [-0.39, 0.29) is 0 Å². The van der Waals surface area contributed by atoms with Crippen LogP contribution in [0.15, 0.2) is 16.2 Å². The zero-order chi connectivity index (χ0) is 10.1. The van der Waals surface area contributed by atoms with E-state index in [4.69, 9.17) is 11.6 Å². The Hall–Kier alpha value is -0.0100. The van der Waals surface area contributed by atoms with Gasteiger partial charge in [-0.3, -0.25) is 0 Å². The number of rotatable bonds is 2. The molecule has 0 radical (unpaired) electrons. The molecule has 0 fully saturated rings. The lowest BCUT2D eigenvalue weighted by Crippen LogP contribution is -1.97. The highest BCUT2D eigenvalue weighted by molar-refractivity contribution is 9.10. The molecule has 3 nitrogen and oxygen atoms in total. The van der Waals surface area contributed by atoms with Crippen LogP contribution in [0.4, 0.5) is 0 Å². The van der Waals surface area contributed by atoms with E-state index in [0.29, 0.717) is 14.4 Å². The number of aromatic nitrogens is 2. The van der Waals surface area contributed by atoms with Crippen LogP contribution in [0.25, 0.3) is 0 Å². The second-order valence-electron chi connectivity index (χ2n) is 2.41. The summed E-state index contributed by atoms with van der Waals surface area (Å²) in [5.41, 5.74) is 0. The van der Waals surface area contributed by atoms with Gasteiger partial charge in [0.15, 0.2) is 6.10 Å². The molecule has 74 valence electrons. The summed E-state index contributed by atoms with van der Waals surface area (Å²) in [7, 11) is 0. The molecule has 1 N–H and O–H groups in total. The molecule has 2 aromatic rings. The van der Waals surface area contributed by atoms with Crippen molar-refractivity contribution < 1.29 is 5.11 Å². The van der Waals surface area contributed by atoms with E-state index in [1.54, 1.807) is 0 Å². The quantitative estimate of drug-likeness (QED) is 0.927. The van der Waals surface area contributed by atoms with Crippen molar-refractivity contribution in [2.45, 2.75) is 6.10 Å². The highest BCUT2D eigenvalue weighted by atomic mass is 79.9. The van der Waals surface area contributed by atoms with Crippen LogP contribution >= 0.6 is 50.2 Å². The number of hydrogen-bond acceptors (Lipinski definition) is 5. The molecule has 0 aliphatic rings. The Labute approximate surface area is 102 Å². The van der Waals surface area contributed by atoms with Crippen molar-refractivity contribution in [1.82, 2.24) is 9.97 Å². The lowest BCUT2D eigenvalue weighted by molar-refractivity contribution is 0.219. The average molecular weight is 312 g/mol. The first-order valence-corrected chi connectivity index (χ1v) is 6.44. The van der Waals surface area contributed by atoms with Crippen molar-refractivity contribution in [2.24, 2.45) is 0 Å². The summed E-state index contributed by atoms with van der Waals surface area (Å²) in [5.74, 6) is 0. The lowest BCUT2D eigenvalue weighted by Gasteiger charge is -2.01. The molecule has 0 aromatic carbocycles. The first kappa shape index (κ1) is 10.5. The van der Waals surface area contributed by atoms with Gasteiger partial charge in [0.05, 0.1) is 6.20 Å². The van der Waals surface area contributed by atoms with Crippen molar-refractivity contribution in [3.8, 4) is 0 Å². The predicted molar refractivity (Wildman–Crippen MR) is 61.0 cm³/mol. The van der Waals surface area contributed by atoms with Gasteiger partial charge in [-0.1, -0.05) is 11.6 Å². The van der Waals surface area contributed by atoms with Crippen molar-refractivity contribution >= 4 is 50.2 Å². The highest BCUT2D eigenvalue weighted by Crippen LogP contribution is 2.30. The van der Waals surface area contributed by atoms with Gasteiger partial charge in [0.25, 0.3) is 0 Å². The minimum Gasteiger partial charge on any atom is -0.379 e. The molecule has 2 aromatic heterocycles. The Morgan fingerprint density at radius 2 is 2.29 bits per heavy atom. The Morgan fingerprint density at radius 3 is 2.79 bits per heavy atom. The second-order valence-corrected chi connectivity index (χ2v) is 5.81. The van der Waals surface area contributed by atoms with Crippen molar-refractivity contribution in [2.75, 3.05) is 0 Å². The Kier molecular flexibility index (Phi) is 3.18. The number of hydrogen-bond donors (Lipinski definition) is 1. The Balaban J connectivity index is 2.28. The van der Waals surface area contributed by atoms with Crippen LogP contribution in [0.1, 0.15) is 16.1 Å². The number of thiazole rings is 2. The van der Waals surface area contributed by atoms with E-state index >= 15 is 0 Å². The standard InChI is InChI=1S/C7H4BrClN2OS2/c8-3-2-13-7(11-3)5(12)6-10-1-4(9)14-6/h1-2,5,12H. The van der Waals surface area contributed by atoms with Gasteiger partial charge in [0.2, 0.25) is 0 Å². The van der Waals surface area contributed by atoms with Crippen LogP contribution in [0.2, 0.25) is 4.34 Å². The minimum absolute atomic E-state index is 0.565. The fourth-order valence-corrected chi connectivity index (χ4v) is 3.14. The molecule has 0 aliphatic carbocycles. The normalized spacial score (nSPS) is 13.1. The van der Waals surface area contributed by atoms with Crippen LogP contribution < -0.4 is 0 Å². The third-order valence-electron chi connectivity index (χ3n) is 1.46. The van der Waals surface area contributed by atoms with Crippen LogP contribution in [-0.4, -0.2) is 15.1 Å². The zero-order valence-electron chi connectivity index (χ0n) is 6.65. The summed E-state index contributed by atoms with van der Waals surface area (Å²) in [5, 5.41) is 12.8. The monoisotopic (exact) mass is 310 g/mol. The fourth-order valence-electron chi connectivity index (χ4n) is 0.892. The van der Waals surface area contributed by atoms with Crippen molar-refractivity contribution in [1.29, 1.82) is 0 Å². The molecular weight excluding hydrogens is 308 g/mol. The van der Waals surface area contributed by atoms with Crippen LogP contribution in [0, 0.1) is 0 Å². The number of nitrogens with zero attached hydrogens (tertiary/aromatic N) is 2. The molecule has 0 saturated heterocycles. The van der Waals surface area contributed by atoms with E-state index in [9.17, 15) is 5.11 Å². The molecular formula is C7H4BrClN2OS2. The number of aliphatic hydroxyl groups excluding tert-OH is 1. The van der Waals surface area contributed by atoms with Crippen LogP contribution in [0.5, 0.6) is 0 Å². The topological polar surface area (TPSA) is 46.0 Å². The SMILES string of the molecule is OC(c1nc(Br)cs1)c1ncc(Cl)s1. The van der Waals surface area contributed by atoms with Crippen molar-refractivity contribution in [3.63, 3.8) is 0 Å². The third-order valence-corrected chi connectivity index (χ3v) is 4.23. The maximum absolute atomic E-state index is 9.83. The largest absolute Gasteiger partial charge is 0.379 e. The van der Waals surface area contributed by atoms with E-state index in [2.05, 4.69) is 25.9 Å². The van der Waals surface area contributed by atoms with Gasteiger partial charge in [-0.05, 0) is 15.9 Å². The summed E-state index contributed by atoms with van der Waals surface area (Å²) >= 11 is 11.6. The van der Waals surface area contributed by atoms with Gasteiger partial charge in [-0.15, -0.1) is 22.7 Å². The predicted octanol–water partition coefficient (Wildman–Crippen LogP) is 3.10. The van der Waals surface area contributed by atoms with Gasteiger partial charge in [0, 0.05) is 5.38 Å². The maximum atomic E-state index is 9.83. The van der Waals surface area contributed by atoms with Gasteiger partial charge in [-0.2, -0.15) is 0 Å². The van der Waals surface area contributed by atoms with Gasteiger partial charge < -0.3 is 5.11 Å². The second kappa shape index (κ2) is 4.24. The summed E-state index contributed by atoms with van der Waals surface area (Å²) in [6.07, 6.45) is 0.747. The maximum Gasteiger partial charge on any atom is 0.157 e. The summed E-state index contributed by atoms with van der Waals surface area (Å²) in [4.78, 5) is 8.09. The van der Waals surface area contributed by atoms with Gasteiger partial charge >= 0.3 is 0 Å². The summed E-state index contributed by atoms with van der Waals surface area (Å²) < 4.78 is 1.29. The molecule has 1 unspecified atom stereocenters. The number of halogens is 2. The van der Waals surface area contributed by atoms with E-state index in [1.165, 1.54) is 28.9 Å². The van der Waals surface area contributed by atoms with E-state index in [1.807, 2.05) is 5.38 Å². The van der Waals surface area contributed by atoms with Crippen LogP contribution in [0.3, 0.4) is 0 Å². The van der Waals surface area contributed by atoms with Crippen molar-refractivity contribution in [3.05, 3.63) is 30.5 Å². The fraction of sp³-hybridized carbons (Fsp3) is 0.143. The Morgan fingerprint density at radius 1 is 1.50 bits per heavy atom. The van der Waals surface area contributed by atoms with Crippen LogP contribution in [-0.2, 0) is 0 Å². The molecule has 0 aliphatic heterocycles. The molecule has 2 rings (SSSR count). The van der Waals surface area contributed by atoms with Gasteiger partial charge in [-0.25, -0.2) is 9.97 Å². The minimum atomic E-state index is -0.774. The lowest BCUT2D eigenvalue weighted by atomic mass is 10.4.